The Labute approximate surface area is 106 Å². The lowest BCUT2D eigenvalue weighted by Crippen LogP contribution is -2.28. The summed E-state index contributed by atoms with van der Waals surface area (Å²) in [5, 5.41) is 0.366. The van der Waals surface area contributed by atoms with E-state index in [2.05, 4.69) is 24.5 Å². The quantitative estimate of drug-likeness (QED) is 0.648. The smallest absolute Gasteiger partial charge is 0.193 e. The molecule has 0 amide bonds. The van der Waals surface area contributed by atoms with Crippen LogP contribution in [-0.4, -0.2) is 0 Å². The van der Waals surface area contributed by atoms with Gasteiger partial charge < -0.3 is 4.42 Å². The zero-order valence-electron chi connectivity index (χ0n) is 9.61. The summed E-state index contributed by atoms with van der Waals surface area (Å²) in [5.41, 5.74) is 5.08. The SMILES string of the molecule is CCc1ccc(C(NN)c2ccc(Cl)o2)cc1. The summed E-state index contributed by atoms with van der Waals surface area (Å²) in [4.78, 5) is 0. The normalized spacial score (nSPS) is 12.6. The second-order valence-corrected chi connectivity index (χ2v) is 4.21. The van der Waals surface area contributed by atoms with Crippen LogP contribution < -0.4 is 11.3 Å². The van der Waals surface area contributed by atoms with Gasteiger partial charge in [0.25, 0.3) is 0 Å². The fourth-order valence-corrected chi connectivity index (χ4v) is 1.92. The van der Waals surface area contributed by atoms with E-state index in [1.54, 1.807) is 6.07 Å². The lowest BCUT2D eigenvalue weighted by molar-refractivity contribution is 0.453. The highest BCUT2D eigenvalue weighted by molar-refractivity contribution is 6.28. The average Bonchev–Trinajstić information content (AvgIpc) is 2.78. The molecule has 2 aromatic rings. The second kappa shape index (κ2) is 5.36. The summed E-state index contributed by atoms with van der Waals surface area (Å²) in [6, 6.07) is 11.6. The van der Waals surface area contributed by atoms with Crippen molar-refractivity contribution in [2.24, 2.45) is 5.84 Å². The van der Waals surface area contributed by atoms with Crippen molar-refractivity contribution in [3.63, 3.8) is 0 Å². The Balaban J connectivity index is 2.28. The van der Waals surface area contributed by atoms with E-state index < -0.39 is 0 Å². The van der Waals surface area contributed by atoms with Crippen LogP contribution in [0.4, 0.5) is 0 Å². The van der Waals surface area contributed by atoms with Gasteiger partial charge in [0.1, 0.15) is 11.8 Å². The van der Waals surface area contributed by atoms with E-state index >= 15 is 0 Å². The topological polar surface area (TPSA) is 51.2 Å². The van der Waals surface area contributed by atoms with Crippen molar-refractivity contribution >= 4 is 11.6 Å². The van der Waals surface area contributed by atoms with Crippen LogP contribution in [0.3, 0.4) is 0 Å². The maximum absolute atomic E-state index is 5.76. The standard InChI is InChI=1S/C13H15ClN2O/c1-2-9-3-5-10(6-4-9)13(16-15)11-7-8-12(14)17-11/h3-8,13,16H,2,15H2,1H3. The molecule has 0 spiro atoms. The first kappa shape index (κ1) is 12.2. The first-order valence-electron chi connectivity index (χ1n) is 5.54. The van der Waals surface area contributed by atoms with Crippen molar-refractivity contribution in [1.29, 1.82) is 0 Å². The molecule has 0 saturated heterocycles. The summed E-state index contributed by atoms with van der Waals surface area (Å²) < 4.78 is 5.37. The predicted molar refractivity (Wildman–Crippen MR) is 68.7 cm³/mol. The minimum absolute atomic E-state index is 0.173. The third kappa shape index (κ3) is 2.69. The highest BCUT2D eigenvalue weighted by atomic mass is 35.5. The van der Waals surface area contributed by atoms with E-state index in [4.69, 9.17) is 21.9 Å². The van der Waals surface area contributed by atoms with Crippen LogP contribution >= 0.6 is 11.6 Å². The summed E-state index contributed by atoms with van der Waals surface area (Å²) in [6.45, 7) is 2.12. The average molecular weight is 251 g/mol. The van der Waals surface area contributed by atoms with E-state index in [9.17, 15) is 0 Å². The Hall–Kier alpha value is -1.29. The number of benzene rings is 1. The number of rotatable bonds is 4. The van der Waals surface area contributed by atoms with Crippen molar-refractivity contribution in [2.75, 3.05) is 0 Å². The number of furan rings is 1. The van der Waals surface area contributed by atoms with Gasteiger partial charge in [0, 0.05) is 0 Å². The van der Waals surface area contributed by atoms with E-state index in [1.807, 2.05) is 18.2 Å². The van der Waals surface area contributed by atoms with Crippen LogP contribution in [0.1, 0.15) is 29.9 Å². The molecule has 1 aromatic heterocycles. The van der Waals surface area contributed by atoms with Gasteiger partial charge in [-0.25, -0.2) is 5.43 Å². The number of hydrogen-bond acceptors (Lipinski definition) is 3. The maximum atomic E-state index is 5.76. The van der Waals surface area contributed by atoms with Crippen molar-refractivity contribution in [3.05, 3.63) is 58.5 Å². The van der Waals surface area contributed by atoms with Gasteiger partial charge in [-0.1, -0.05) is 31.2 Å². The summed E-state index contributed by atoms with van der Waals surface area (Å²) in [7, 11) is 0. The predicted octanol–water partition coefficient (Wildman–Crippen LogP) is 3.05. The Morgan fingerprint density at radius 1 is 1.24 bits per heavy atom. The number of hydrogen-bond donors (Lipinski definition) is 2. The van der Waals surface area contributed by atoms with Gasteiger partial charge in [-0.05, 0) is 41.3 Å². The number of hydrazine groups is 1. The second-order valence-electron chi connectivity index (χ2n) is 3.84. The molecule has 1 aromatic carbocycles. The monoisotopic (exact) mass is 250 g/mol. The van der Waals surface area contributed by atoms with Crippen molar-refractivity contribution < 1.29 is 4.42 Å². The number of nitrogens with one attached hydrogen (secondary N) is 1. The Bertz CT molecular complexity index is 478. The van der Waals surface area contributed by atoms with Gasteiger partial charge in [-0.15, -0.1) is 0 Å². The van der Waals surface area contributed by atoms with Crippen LogP contribution in [0.2, 0.25) is 5.22 Å². The third-order valence-electron chi connectivity index (χ3n) is 2.77. The molecule has 1 heterocycles. The molecule has 3 N–H and O–H groups in total. The van der Waals surface area contributed by atoms with Crippen LogP contribution in [0.25, 0.3) is 0 Å². The number of nitrogens with two attached hydrogens (primary N) is 1. The Morgan fingerprint density at radius 2 is 1.94 bits per heavy atom. The number of aryl methyl sites for hydroxylation is 1. The zero-order valence-corrected chi connectivity index (χ0v) is 10.4. The van der Waals surface area contributed by atoms with Crippen LogP contribution in [0, 0.1) is 0 Å². The van der Waals surface area contributed by atoms with Gasteiger partial charge in [0.05, 0.1) is 0 Å². The highest BCUT2D eigenvalue weighted by Crippen LogP contribution is 2.25. The molecule has 0 bridgehead atoms. The Kier molecular flexibility index (Phi) is 3.84. The number of halogens is 1. The molecule has 3 nitrogen and oxygen atoms in total. The van der Waals surface area contributed by atoms with Gasteiger partial charge in [0.15, 0.2) is 5.22 Å². The molecule has 0 aliphatic carbocycles. The molecule has 0 saturated carbocycles. The molecule has 90 valence electrons. The van der Waals surface area contributed by atoms with Crippen molar-refractivity contribution in [1.82, 2.24) is 5.43 Å². The first-order valence-corrected chi connectivity index (χ1v) is 5.92. The lowest BCUT2D eigenvalue weighted by Gasteiger charge is -2.14. The van der Waals surface area contributed by atoms with Gasteiger partial charge in [-0.3, -0.25) is 5.84 Å². The van der Waals surface area contributed by atoms with Crippen LogP contribution in [0.5, 0.6) is 0 Å². The molecular formula is C13H15ClN2O. The van der Waals surface area contributed by atoms with Gasteiger partial charge >= 0.3 is 0 Å². The molecule has 0 radical (unpaired) electrons. The molecular weight excluding hydrogens is 236 g/mol. The molecule has 0 aliphatic heterocycles. The van der Waals surface area contributed by atoms with E-state index in [1.165, 1.54) is 5.56 Å². The molecule has 17 heavy (non-hydrogen) atoms. The largest absolute Gasteiger partial charge is 0.448 e. The molecule has 2 rings (SSSR count). The lowest BCUT2D eigenvalue weighted by atomic mass is 10.0. The van der Waals surface area contributed by atoms with Crippen molar-refractivity contribution in [3.8, 4) is 0 Å². The van der Waals surface area contributed by atoms with E-state index in [-0.39, 0.29) is 6.04 Å². The first-order chi connectivity index (χ1) is 8.24. The minimum Gasteiger partial charge on any atom is -0.448 e. The van der Waals surface area contributed by atoms with Crippen LogP contribution in [0.15, 0.2) is 40.8 Å². The third-order valence-corrected chi connectivity index (χ3v) is 2.97. The fourth-order valence-electron chi connectivity index (χ4n) is 1.77. The Morgan fingerprint density at radius 3 is 2.41 bits per heavy atom. The molecule has 1 atom stereocenters. The molecule has 1 unspecified atom stereocenters. The summed E-state index contributed by atoms with van der Waals surface area (Å²) in [6.07, 6.45) is 1.02. The van der Waals surface area contributed by atoms with Gasteiger partial charge in [-0.2, -0.15) is 0 Å². The molecule has 0 aliphatic rings. The van der Waals surface area contributed by atoms with E-state index in [0.717, 1.165) is 12.0 Å². The van der Waals surface area contributed by atoms with Crippen molar-refractivity contribution in [2.45, 2.75) is 19.4 Å². The van der Waals surface area contributed by atoms with E-state index in [0.29, 0.717) is 11.0 Å². The minimum atomic E-state index is -0.173. The fraction of sp³-hybridized carbons (Fsp3) is 0.231. The summed E-state index contributed by atoms with van der Waals surface area (Å²) in [5.74, 6) is 6.27. The molecule has 4 heteroatoms. The van der Waals surface area contributed by atoms with Crippen LogP contribution in [-0.2, 0) is 6.42 Å². The zero-order chi connectivity index (χ0) is 12.3. The summed E-state index contributed by atoms with van der Waals surface area (Å²) >= 11 is 5.76. The van der Waals surface area contributed by atoms with Gasteiger partial charge in [0.2, 0.25) is 0 Å². The molecule has 0 fully saturated rings. The highest BCUT2D eigenvalue weighted by Gasteiger charge is 2.15. The maximum Gasteiger partial charge on any atom is 0.193 e.